The summed E-state index contributed by atoms with van der Waals surface area (Å²) in [7, 11) is 0. The molecule has 1 aromatic rings. The second-order valence-electron chi connectivity index (χ2n) is 4.58. The first-order valence-corrected chi connectivity index (χ1v) is 6.20. The smallest absolute Gasteiger partial charge is 0.146 e. The van der Waals surface area contributed by atoms with Crippen molar-refractivity contribution in [3.05, 3.63) is 17.0 Å². The summed E-state index contributed by atoms with van der Waals surface area (Å²) < 4.78 is 0.921. The summed E-state index contributed by atoms with van der Waals surface area (Å²) >= 11 is 3.47. The monoisotopic (exact) mass is 286 g/mol. The van der Waals surface area contributed by atoms with Crippen LogP contribution in [0.15, 0.2) is 17.0 Å². The molecule has 0 spiro atoms. The molecule has 1 heterocycles. The van der Waals surface area contributed by atoms with E-state index in [9.17, 15) is 0 Å². The number of anilines is 1. The van der Waals surface area contributed by atoms with Crippen LogP contribution in [0, 0.1) is 5.41 Å². The molecule has 0 aliphatic heterocycles. The standard InChI is InChI=1S/C11H19BrN4/c1-4-16(7-11(2,3)6-13)10-9(12)5-14-8-15-10/h5,8H,4,6-7,13H2,1-3H3. The van der Waals surface area contributed by atoms with Gasteiger partial charge in [-0.05, 0) is 34.8 Å². The van der Waals surface area contributed by atoms with Crippen LogP contribution in [0.1, 0.15) is 20.8 Å². The zero-order valence-electron chi connectivity index (χ0n) is 10.1. The lowest BCUT2D eigenvalue weighted by molar-refractivity contribution is 0.378. The van der Waals surface area contributed by atoms with Crippen LogP contribution in [0.4, 0.5) is 5.82 Å². The van der Waals surface area contributed by atoms with Crippen molar-refractivity contribution in [3.63, 3.8) is 0 Å². The molecule has 0 saturated heterocycles. The Morgan fingerprint density at radius 1 is 1.50 bits per heavy atom. The molecule has 0 atom stereocenters. The zero-order chi connectivity index (χ0) is 12.2. The fraction of sp³-hybridized carbons (Fsp3) is 0.636. The summed E-state index contributed by atoms with van der Waals surface area (Å²) in [6, 6.07) is 0. The first-order chi connectivity index (χ1) is 7.50. The molecule has 1 rings (SSSR count). The van der Waals surface area contributed by atoms with Gasteiger partial charge < -0.3 is 10.6 Å². The van der Waals surface area contributed by atoms with Gasteiger partial charge in [0.15, 0.2) is 0 Å². The highest BCUT2D eigenvalue weighted by atomic mass is 79.9. The largest absolute Gasteiger partial charge is 0.355 e. The Bertz CT molecular complexity index is 341. The van der Waals surface area contributed by atoms with E-state index in [4.69, 9.17) is 5.73 Å². The van der Waals surface area contributed by atoms with Crippen molar-refractivity contribution >= 4 is 21.7 Å². The highest BCUT2D eigenvalue weighted by molar-refractivity contribution is 9.10. The van der Waals surface area contributed by atoms with E-state index in [0.717, 1.165) is 23.4 Å². The molecule has 0 amide bonds. The van der Waals surface area contributed by atoms with Gasteiger partial charge in [-0.2, -0.15) is 0 Å². The molecule has 16 heavy (non-hydrogen) atoms. The van der Waals surface area contributed by atoms with E-state index in [-0.39, 0.29) is 5.41 Å². The fourth-order valence-electron chi connectivity index (χ4n) is 1.46. The zero-order valence-corrected chi connectivity index (χ0v) is 11.7. The van der Waals surface area contributed by atoms with Crippen molar-refractivity contribution in [2.75, 3.05) is 24.5 Å². The van der Waals surface area contributed by atoms with Gasteiger partial charge in [-0.25, -0.2) is 9.97 Å². The molecule has 4 nitrogen and oxygen atoms in total. The highest BCUT2D eigenvalue weighted by Gasteiger charge is 2.21. The summed E-state index contributed by atoms with van der Waals surface area (Å²) in [4.78, 5) is 10.5. The topological polar surface area (TPSA) is 55.0 Å². The number of rotatable bonds is 5. The first-order valence-electron chi connectivity index (χ1n) is 5.40. The predicted octanol–water partition coefficient (Wildman–Crippen LogP) is 2.05. The lowest BCUT2D eigenvalue weighted by atomic mass is 9.93. The van der Waals surface area contributed by atoms with Crippen LogP contribution in [0.25, 0.3) is 0 Å². The summed E-state index contributed by atoms with van der Waals surface area (Å²) in [5.41, 5.74) is 5.84. The quantitative estimate of drug-likeness (QED) is 0.900. The fourth-order valence-corrected chi connectivity index (χ4v) is 1.93. The minimum absolute atomic E-state index is 0.0837. The van der Waals surface area contributed by atoms with E-state index in [2.05, 4.69) is 51.6 Å². The third kappa shape index (κ3) is 3.42. The molecule has 0 unspecified atom stereocenters. The van der Waals surface area contributed by atoms with Crippen molar-refractivity contribution in [2.24, 2.45) is 11.1 Å². The van der Waals surface area contributed by atoms with E-state index < -0.39 is 0 Å². The van der Waals surface area contributed by atoms with Crippen LogP contribution in [-0.4, -0.2) is 29.6 Å². The molecule has 0 aliphatic carbocycles. The molecule has 90 valence electrons. The third-order valence-corrected chi connectivity index (χ3v) is 3.06. The van der Waals surface area contributed by atoms with Crippen LogP contribution in [0.2, 0.25) is 0 Å². The maximum atomic E-state index is 5.75. The van der Waals surface area contributed by atoms with Crippen molar-refractivity contribution < 1.29 is 0 Å². The Balaban J connectivity index is 2.87. The molecule has 0 aliphatic rings. The number of nitrogens with zero attached hydrogens (tertiary/aromatic N) is 3. The number of nitrogens with two attached hydrogens (primary N) is 1. The molecule has 0 fully saturated rings. The van der Waals surface area contributed by atoms with Gasteiger partial charge in [-0.1, -0.05) is 13.8 Å². The Hall–Kier alpha value is -0.680. The van der Waals surface area contributed by atoms with Gasteiger partial charge in [-0.15, -0.1) is 0 Å². The van der Waals surface area contributed by atoms with Gasteiger partial charge in [0, 0.05) is 19.3 Å². The second kappa shape index (κ2) is 5.59. The third-order valence-electron chi connectivity index (χ3n) is 2.50. The van der Waals surface area contributed by atoms with Gasteiger partial charge in [0.05, 0.1) is 4.47 Å². The van der Waals surface area contributed by atoms with Crippen LogP contribution >= 0.6 is 15.9 Å². The van der Waals surface area contributed by atoms with Crippen molar-refractivity contribution in [2.45, 2.75) is 20.8 Å². The lowest BCUT2D eigenvalue weighted by Crippen LogP contribution is -2.39. The first kappa shape index (κ1) is 13.4. The minimum Gasteiger partial charge on any atom is -0.355 e. The molecule has 5 heteroatoms. The Labute approximate surface area is 105 Å². The van der Waals surface area contributed by atoms with Crippen LogP contribution in [-0.2, 0) is 0 Å². The predicted molar refractivity (Wildman–Crippen MR) is 70.5 cm³/mol. The van der Waals surface area contributed by atoms with E-state index in [0.29, 0.717) is 6.54 Å². The molecular weight excluding hydrogens is 268 g/mol. The van der Waals surface area contributed by atoms with E-state index in [1.807, 2.05) is 0 Å². The van der Waals surface area contributed by atoms with Gasteiger partial charge in [0.1, 0.15) is 12.1 Å². The molecule has 0 aromatic carbocycles. The number of hydrogen-bond acceptors (Lipinski definition) is 4. The average Bonchev–Trinajstić information content (AvgIpc) is 2.27. The average molecular weight is 287 g/mol. The van der Waals surface area contributed by atoms with Gasteiger partial charge in [-0.3, -0.25) is 0 Å². The SMILES string of the molecule is CCN(CC(C)(C)CN)c1ncncc1Br. The molecule has 0 bridgehead atoms. The molecule has 0 radical (unpaired) electrons. The Kier molecular flexibility index (Phi) is 4.68. The molecule has 1 aromatic heterocycles. The van der Waals surface area contributed by atoms with E-state index >= 15 is 0 Å². The van der Waals surface area contributed by atoms with Crippen molar-refractivity contribution in [1.82, 2.24) is 9.97 Å². The van der Waals surface area contributed by atoms with E-state index in [1.165, 1.54) is 0 Å². The summed E-state index contributed by atoms with van der Waals surface area (Å²) in [6.07, 6.45) is 3.33. The van der Waals surface area contributed by atoms with Crippen molar-refractivity contribution in [1.29, 1.82) is 0 Å². The normalized spacial score (nSPS) is 11.6. The number of halogens is 1. The highest BCUT2D eigenvalue weighted by Crippen LogP contribution is 2.25. The molecular formula is C11H19BrN4. The molecule has 2 N–H and O–H groups in total. The van der Waals surface area contributed by atoms with E-state index in [1.54, 1.807) is 12.5 Å². The van der Waals surface area contributed by atoms with Gasteiger partial charge in [0.2, 0.25) is 0 Å². The maximum absolute atomic E-state index is 5.75. The van der Waals surface area contributed by atoms with Crippen molar-refractivity contribution in [3.8, 4) is 0 Å². The summed E-state index contributed by atoms with van der Waals surface area (Å²) in [6.45, 7) is 8.87. The summed E-state index contributed by atoms with van der Waals surface area (Å²) in [5, 5.41) is 0. The van der Waals surface area contributed by atoms with Crippen LogP contribution < -0.4 is 10.6 Å². The minimum atomic E-state index is 0.0837. The Morgan fingerprint density at radius 3 is 2.69 bits per heavy atom. The number of aromatic nitrogens is 2. The summed E-state index contributed by atoms with van der Waals surface area (Å²) in [5.74, 6) is 0.930. The van der Waals surface area contributed by atoms with Gasteiger partial charge in [0.25, 0.3) is 0 Å². The van der Waals surface area contributed by atoms with Gasteiger partial charge >= 0.3 is 0 Å². The number of hydrogen-bond donors (Lipinski definition) is 1. The Morgan fingerprint density at radius 2 is 2.19 bits per heavy atom. The van der Waals surface area contributed by atoms with Crippen LogP contribution in [0.5, 0.6) is 0 Å². The van der Waals surface area contributed by atoms with Crippen LogP contribution in [0.3, 0.4) is 0 Å². The molecule has 0 saturated carbocycles. The second-order valence-corrected chi connectivity index (χ2v) is 5.43. The lowest BCUT2D eigenvalue weighted by Gasteiger charge is -2.32. The maximum Gasteiger partial charge on any atom is 0.146 e.